The van der Waals surface area contributed by atoms with Crippen LogP contribution < -0.4 is 5.19 Å². The minimum absolute atomic E-state index is 0.0722. The van der Waals surface area contributed by atoms with E-state index in [4.69, 9.17) is 0 Å². The van der Waals surface area contributed by atoms with Crippen LogP contribution in [0.25, 0.3) is 0 Å². The fourth-order valence-electron chi connectivity index (χ4n) is 1.89. The SMILES string of the molecule is CCOC(=O)C(F)(F)Cc1cccc([Si](C)(C)C)c1O. The molecule has 0 amide bonds. The third-order valence-corrected chi connectivity index (χ3v) is 4.93. The Hall–Kier alpha value is -1.43. The highest BCUT2D eigenvalue weighted by molar-refractivity contribution is 6.89. The lowest BCUT2D eigenvalue weighted by molar-refractivity contribution is -0.171. The number of halogens is 2. The molecule has 0 bridgehead atoms. The molecule has 0 aliphatic rings. The van der Waals surface area contributed by atoms with Crippen molar-refractivity contribution >= 4 is 19.2 Å². The standard InChI is InChI=1S/C14H20F2O3Si/c1-5-19-13(18)14(15,16)9-10-7-6-8-11(12(10)17)20(2,3)4/h6-8,17H,5,9H2,1-4H3. The van der Waals surface area contributed by atoms with Gasteiger partial charge >= 0.3 is 11.9 Å². The Kier molecular flexibility index (Phi) is 4.91. The van der Waals surface area contributed by atoms with E-state index < -0.39 is 26.4 Å². The van der Waals surface area contributed by atoms with Gasteiger partial charge in [0, 0.05) is 5.56 Å². The average Bonchev–Trinajstić information content (AvgIpc) is 2.30. The minimum atomic E-state index is -3.63. The van der Waals surface area contributed by atoms with E-state index >= 15 is 0 Å². The molecular formula is C14H20F2O3Si. The van der Waals surface area contributed by atoms with Crippen molar-refractivity contribution in [1.82, 2.24) is 0 Å². The number of phenols is 1. The van der Waals surface area contributed by atoms with Crippen molar-refractivity contribution in [2.75, 3.05) is 6.61 Å². The Morgan fingerprint density at radius 1 is 1.35 bits per heavy atom. The van der Waals surface area contributed by atoms with Crippen molar-refractivity contribution in [2.45, 2.75) is 38.9 Å². The molecule has 20 heavy (non-hydrogen) atoms. The number of alkyl halides is 2. The fourth-order valence-corrected chi connectivity index (χ4v) is 3.35. The third-order valence-electron chi connectivity index (χ3n) is 2.91. The van der Waals surface area contributed by atoms with E-state index in [0.717, 1.165) is 0 Å². The van der Waals surface area contributed by atoms with Gasteiger partial charge in [-0.25, -0.2) is 4.79 Å². The molecular weight excluding hydrogens is 282 g/mol. The summed E-state index contributed by atoms with van der Waals surface area (Å²) in [6.45, 7) is 7.40. The number of phenolic OH excluding ortho intramolecular Hbond substituents is 1. The molecule has 112 valence electrons. The van der Waals surface area contributed by atoms with E-state index in [1.165, 1.54) is 13.0 Å². The predicted octanol–water partition coefficient (Wildman–Crippen LogP) is 2.68. The van der Waals surface area contributed by atoms with Gasteiger partial charge in [0.25, 0.3) is 0 Å². The second-order valence-corrected chi connectivity index (χ2v) is 10.7. The minimum Gasteiger partial charge on any atom is -0.508 e. The summed E-state index contributed by atoms with van der Waals surface area (Å²) in [4.78, 5) is 11.2. The molecule has 0 atom stereocenters. The average molecular weight is 302 g/mol. The summed E-state index contributed by atoms with van der Waals surface area (Å²) in [7, 11) is -1.84. The van der Waals surface area contributed by atoms with Crippen LogP contribution in [0.15, 0.2) is 18.2 Å². The number of hydrogen-bond donors (Lipinski definition) is 1. The summed E-state index contributed by atoms with van der Waals surface area (Å²) in [5, 5.41) is 10.9. The maximum atomic E-state index is 13.7. The molecule has 0 heterocycles. The quantitative estimate of drug-likeness (QED) is 0.672. The smallest absolute Gasteiger partial charge is 0.377 e. The molecule has 1 aromatic rings. The van der Waals surface area contributed by atoms with Crippen molar-refractivity contribution in [3.05, 3.63) is 23.8 Å². The van der Waals surface area contributed by atoms with Gasteiger partial charge in [-0.05, 0) is 12.1 Å². The fraction of sp³-hybridized carbons (Fsp3) is 0.500. The van der Waals surface area contributed by atoms with Gasteiger partial charge in [-0.2, -0.15) is 8.78 Å². The molecule has 0 saturated heterocycles. The molecule has 0 fully saturated rings. The second-order valence-electron chi connectivity index (χ2n) is 5.66. The molecule has 0 aromatic heterocycles. The van der Waals surface area contributed by atoms with Crippen molar-refractivity contribution in [2.24, 2.45) is 0 Å². The Labute approximate surface area is 118 Å². The summed E-state index contributed by atoms with van der Waals surface area (Å²) >= 11 is 0. The van der Waals surface area contributed by atoms with Crippen molar-refractivity contribution in [3.63, 3.8) is 0 Å². The van der Waals surface area contributed by atoms with Crippen LogP contribution >= 0.6 is 0 Å². The first-order valence-electron chi connectivity index (χ1n) is 6.46. The number of carbonyl (C=O) groups is 1. The van der Waals surface area contributed by atoms with E-state index in [1.807, 2.05) is 19.6 Å². The van der Waals surface area contributed by atoms with Crippen molar-refractivity contribution in [3.8, 4) is 5.75 Å². The van der Waals surface area contributed by atoms with Crippen LogP contribution in [-0.2, 0) is 16.0 Å². The van der Waals surface area contributed by atoms with Crippen LogP contribution in [0.3, 0.4) is 0 Å². The molecule has 1 rings (SSSR count). The van der Waals surface area contributed by atoms with Gasteiger partial charge < -0.3 is 9.84 Å². The van der Waals surface area contributed by atoms with E-state index in [-0.39, 0.29) is 17.9 Å². The summed E-state index contributed by atoms with van der Waals surface area (Å²) in [5.41, 5.74) is 0.0722. The van der Waals surface area contributed by atoms with Gasteiger partial charge in [-0.15, -0.1) is 0 Å². The zero-order valence-electron chi connectivity index (χ0n) is 12.2. The largest absolute Gasteiger partial charge is 0.508 e. The van der Waals surface area contributed by atoms with Gasteiger partial charge in [0.2, 0.25) is 0 Å². The summed E-state index contributed by atoms with van der Waals surface area (Å²) in [6.07, 6.45) is -0.851. The predicted molar refractivity (Wildman–Crippen MR) is 76.4 cm³/mol. The molecule has 3 nitrogen and oxygen atoms in total. The zero-order chi connectivity index (χ0) is 15.6. The summed E-state index contributed by atoms with van der Waals surface area (Å²) < 4.78 is 31.8. The maximum absolute atomic E-state index is 13.7. The highest BCUT2D eigenvalue weighted by Crippen LogP contribution is 2.27. The lowest BCUT2D eigenvalue weighted by Crippen LogP contribution is -2.39. The molecule has 0 unspecified atom stereocenters. The van der Waals surface area contributed by atoms with E-state index in [9.17, 15) is 18.7 Å². The number of ether oxygens (including phenoxy) is 1. The first-order chi connectivity index (χ1) is 9.09. The first kappa shape index (κ1) is 16.6. The van der Waals surface area contributed by atoms with Crippen LogP contribution in [0, 0.1) is 0 Å². The van der Waals surface area contributed by atoms with Crippen LogP contribution in [0.4, 0.5) is 8.78 Å². The number of esters is 1. The number of rotatable bonds is 5. The molecule has 6 heteroatoms. The molecule has 0 spiro atoms. The highest BCUT2D eigenvalue weighted by atomic mass is 28.3. The number of hydrogen-bond acceptors (Lipinski definition) is 3. The van der Waals surface area contributed by atoms with E-state index in [2.05, 4.69) is 4.74 Å². The lowest BCUT2D eigenvalue weighted by Gasteiger charge is -2.21. The van der Waals surface area contributed by atoms with Crippen LogP contribution in [-0.4, -0.2) is 31.7 Å². The third kappa shape index (κ3) is 3.79. The van der Waals surface area contributed by atoms with Crippen molar-refractivity contribution < 1.29 is 23.4 Å². The monoisotopic (exact) mass is 302 g/mol. The van der Waals surface area contributed by atoms with Gasteiger partial charge in [0.1, 0.15) is 5.75 Å². The van der Waals surface area contributed by atoms with E-state index in [1.54, 1.807) is 12.1 Å². The molecule has 0 aliphatic heterocycles. The highest BCUT2D eigenvalue weighted by Gasteiger charge is 2.41. The molecule has 0 aliphatic carbocycles. The Morgan fingerprint density at radius 3 is 2.45 bits per heavy atom. The molecule has 0 saturated carbocycles. The number of aromatic hydroxyl groups is 1. The first-order valence-corrected chi connectivity index (χ1v) is 9.96. The summed E-state index contributed by atoms with van der Waals surface area (Å²) in [5.74, 6) is -5.32. The van der Waals surface area contributed by atoms with Crippen LogP contribution in [0.5, 0.6) is 5.75 Å². The number of para-hydroxylation sites is 1. The Morgan fingerprint density at radius 2 is 1.95 bits per heavy atom. The van der Waals surface area contributed by atoms with Crippen LogP contribution in [0.2, 0.25) is 19.6 Å². The van der Waals surface area contributed by atoms with Gasteiger partial charge in [-0.1, -0.05) is 37.8 Å². The Balaban J connectivity index is 3.08. The number of benzene rings is 1. The second kappa shape index (κ2) is 5.91. The van der Waals surface area contributed by atoms with Gasteiger partial charge in [0.15, 0.2) is 0 Å². The van der Waals surface area contributed by atoms with Gasteiger partial charge in [-0.3, -0.25) is 0 Å². The normalized spacial score (nSPS) is 12.3. The molecule has 1 N–H and O–H groups in total. The van der Waals surface area contributed by atoms with Crippen LogP contribution in [0.1, 0.15) is 12.5 Å². The summed E-state index contributed by atoms with van der Waals surface area (Å²) in [6, 6.07) is 4.78. The van der Waals surface area contributed by atoms with Crippen molar-refractivity contribution in [1.29, 1.82) is 0 Å². The number of carbonyl (C=O) groups excluding carboxylic acids is 1. The lowest BCUT2D eigenvalue weighted by atomic mass is 10.1. The Bertz CT molecular complexity index is 496. The molecule has 1 aromatic carbocycles. The topological polar surface area (TPSA) is 46.5 Å². The maximum Gasteiger partial charge on any atom is 0.377 e. The zero-order valence-corrected chi connectivity index (χ0v) is 13.2. The van der Waals surface area contributed by atoms with E-state index in [0.29, 0.717) is 5.19 Å². The van der Waals surface area contributed by atoms with Gasteiger partial charge in [0.05, 0.1) is 21.1 Å². The molecule has 0 radical (unpaired) electrons.